The number of methoxy groups -OCH3 is 1. The highest BCUT2D eigenvalue weighted by Crippen LogP contribution is 2.40. The molecule has 0 spiro atoms. The van der Waals surface area contributed by atoms with Gasteiger partial charge in [-0.05, 0) is 54.8 Å². The van der Waals surface area contributed by atoms with E-state index >= 15 is 0 Å². The third kappa shape index (κ3) is 3.41. The van der Waals surface area contributed by atoms with Crippen molar-refractivity contribution in [3.63, 3.8) is 0 Å². The molecule has 1 atom stereocenters. The summed E-state index contributed by atoms with van der Waals surface area (Å²) < 4.78 is 16.3. The normalized spacial score (nSPS) is 16.4. The Bertz CT molecular complexity index is 1390. The van der Waals surface area contributed by atoms with Crippen LogP contribution in [0.2, 0.25) is 0 Å². The molecule has 1 aromatic heterocycles. The fourth-order valence-corrected chi connectivity index (χ4v) is 4.88. The largest absolute Gasteiger partial charge is 0.497 e. The number of aromatic nitrogens is 1. The summed E-state index contributed by atoms with van der Waals surface area (Å²) in [6.45, 7) is 2.85. The van der Waals surface area contributed by atoms with Crippen LogP contribution >= 0.6 is 0 Å². The number of anilines is 1. The highest BCUT2D eigenvalue weighted by atomic mass is 16.7. The first-order chi connectivity index (χ1) is 16.6. The zero-order valence-corrected chi connectivity index (χ0v) is 19.1. The van der Waals surface area contributed by atoms with Gasteiger partial charge < -0.3 is 29.4 Å². The topological polar surface area (TPSA) is 75.8 Å². The molecule has 0 saturated heterocycles. The van der Waals surface area contributed by atoms with Gasteiger partial charge in [-0.3, -0.25) is 0 Å². The van der Waals surface area contributed by atoms with Crippen molar-refractivity contribution in [3.8, 4) is 17.2 Å². The fraction of sp³-hybridized carbons (Fsp3) is 0.222. The van der Waals surface area contributed by atoms with Crippen molar-refractivity contribution in [2.24, 2.45) is 0 Å². The molecule has 4 aromatic rings. The van der Waals surface area contributed by atoms with Crippen LogP contribution < -0.4 is 19.5 Å². The van der Waals surface area contributed by atoms with Crippen LogP contribution in [-0.4, -0.2) is 36.4 Å². The average molecular weight is 456 g/mol. The van der Waals surface area contributed by atoms with E-state index < -0.39 is 0 Å². The number of hydrogen-bond acceptors (Lipinski definition) is 4. The van der Waals surface area contributed by atoms with Gasteiger partial charge in [-0.25, -0.2) is 4.79 Å². The van der Waals surface area contributed by atoms with E-state index in [4.69, 9.17) is 14.2 Å². The quantitative estimate of drug-likeness (QED) is 0.434. The van der Waals surface area contributed by atoms with Gasteiger partial charge in [0, 0.05) is 34.9 Å². The molecule has 2 aliphatic rings. The number of hydrogen-bond donors (Lipinski definition) is 2. The Balaban J connectivity index is 1.39. The first-order valence-corrected chi connectivity index (χ1v) is 11.3. The molecule has 34 heavy (non-hydrogen) atoms. The van der Waals surface area contributed by atoms with Crippen molar-refractivity contribution in [3.05, 3.63) is 83.0 Å². The lowest BCUT2D eigenvalue weighted by molar-refractivity contribution is 0.174. The van der Waals surface area contributed by atoms with Crippen LogP contribution in [-0.2, 0) is 6.42 Å². The lowest BCUT2D eigenvalue weighted by Gasteiger charge is -2.36. The minimum atomic E-state index is -0.239. The molecule has 2 N–H and O–H groups in total. The standard InChI is InChI=1S/C27H25N3O4/c1-16-3-5-17(6-4-16)26-25-20(21-14-19(32-2)8-9-22(21)29-25)11-12-30(26)27(31)28-18-7-10-23-24(13-18)34-15-33-23/h3-10,13-14,26,29H,11-12,15H2,1-2H3,(H,28,31)/t26-/m0/s1. The van der Waals surface area contributed by atoms with Gasteiger partial charge in [0.2, 0.25) is 6.79 Å². The Morgan fingerprint density at radius 2 is 1.88 bits per heavy atom. The summed E-state index contributed by atoms with van der Waals surface area (Å²) in [5, 5.41) is 4.19. The van der Waals surface area contributed by atoms with Crippen molar-refractivity contribution >= 4 is 22.6 Å². The summed E-state index contributed by atoms with van der Waals surface area (Å²) in [7, 11) is 1.68. The minimum absolute atomic E-state index is 0.161. The summed E-state index contributed by atoms with van der Waals surface area (Å²) in [6.07, 6.45) is 0.749. The van der Waals surface area contributed by atoms with Crippen LogP contribution in [0, 0.1) is 6.92 Å². The van der Waals surface area contributed by atoms with Crippen molar-refractivity contribution in [2.75, 3.05) is 25.8 Å². The smallest absolute Gasteiger partial charge is 0.322 e. The summed E-state index contributed by atoms with van der Waals surface area (Å²) >= 11 is 0. The van der Waals surface area contributed by atoms with E-state index in [-0.39, 0.29) is 18.9 Å². The number of H-pyrrole nitrogens is 1. The molecule has 7 nitrogen and oxygen atoms in total. The predicted octanol–water partition coefficient (Wildman–Crippen LogP) is 5.39. The number of aryl methyl sites for hydroxylation is 1. The molecule has 0 unspecified atom stereocenters. The van der Waals surface area contributed by atoms with Gasteiger partial charge in [-0.1, -0.05) is 29.8 Å². The first-order valence-electron chi connectivity index (χ1n) is 11.3. The highest BCUT2D eigenvalue weighted by Gasteiger charge is 2.35. The second-order valence-corrected chi connectivity index (χ2v) is 8.68. The van der Waals surface area contributed by atoms with Crippen LogP contribution in [0.1, 0.15) is 28.4 Å². The molecule has 7 heteroatoms. The Labute approximate surface area is 197 Å². The molecule has 2 amide bonds. The van der Waals surface area contributed by atoms with E-state index in [1.807, 2.05) is 29.2 Å². The highest BCUT2D eigenvalue weighted by molar-refractivity contribution is 5.92. The van der Waals surface area contributed by atoms with E-state index in [1.54, 1.807) is 13.2 Å². The molecule has 0 aliphatic carbocycles. The molecule has 3 heterocycles. The predicted molar refractivity (Wildman–Crippen MR) is 130 cm³/mol. The monoisotopic (exact) mass is 455 g/mol. The maximum atomic E-state index is 13.6. The van der Waals surface area contributed by atoms with E-state index in [0.717, 1.165) is 34.3 Å². The summed E-state index contributed by atoms with van der Waals surface area (Å²) in [5.74, 6) is 2.15. The molecular weight excluding hydrogens is 430 g/mol. The SMILES string of the molecule is COc1ccc2[nH]c3c(c2c1)CCN(C(=O)Nc1ccc2c(c1)OCO2)[C@H]3c1ccc(C)cc1. The number of rotatable bonds is 3. The number of urea groups is 1. The lowest BCUT2D eigenvalue weighted by atomic mass is 9.92. The van der Waals surface area contributed by atoms with Gasteiger partial charge in [0.25, 0.3) is 0 Å². The number of nitrogens with zero attached hydrogens (tertiary/aromatic N) is 1. The van der Waals surface area contributed by atoms with E-state index in [2.05, 4.69) is 47.6 Å². The van der Waals surface area contributed by atoms with Gasteiger partial charge >= 0.3 is 6.03 Å². The number of amides is 2. The molecule has 0 bridgehead atoms. The molecule has 2 aliphatic heterocycles. The van der Waals surface area contributed by atoms with Gasteiger partial charge in [-0.15, -0.1) is 0 Å². The van der Waals surface area contributed by atoms with Crippen molar-refractivity contribution < 1.29 is 19.0 Å². The van der Waals surface area contributed by atoms with Gasteiger partial charge in [0.15, 0.2) is 11.5 Å². The minimum Gasteiger partial charge on any atom is -0.497 e. The van der Waals surface area contributed by atoms with Gasteiger partial charge in [0.05, 0.1) is 13.2 Å². The third-order valence-electron chi connectivity index (χ3n) is 6.61. The Morgan fingerprint density at radius 1 is 1.06 bits per heavy atom. The molecule has 3 aromatic carbocycles. The van der Waals surface area contributed by atoms with Crippen LogP contribution in [0.25, 0.3) is 10.9 Å². The number of benzene rings is 3. The van der Waals surface area contributed by atoms with Crippen LogP contribution in [0.15, 0.2) is 60.7 Å². The third-order valence-corrected chi connectivity index (χ3v) is 6.61. The Kier molecular flexibility index (Phi) is 4.83. The van der Waals surface area contributed by atoms with E-state index in [0.29, 0.717) is 23.7 Å². The Morgan fingerprint density at radius 3 is 2.71 bits per heavy atom. The number of ether oxygens (including phenoxy) is 3. The van der Waals surface area contributed by atoms with E-state index in [1.165, 1.54) is 11.1 Å². The molecule has 0 fully saturated rings. The number of aromatic amines is 1. The zero-order valence-electron chi connectivity index (χ0n) is 19.1. The second-order valence-electron chi connectivity index (χ2n) is 8.68. The van der Waals surface area contributed by atoms with Crippen molar-refractivity contribution in [1.29, 1.82) is 0 Å². The Hall–Kier alpha value is -4.13. The fourth-order valence-electron chi connectivity index (χ4n) is 4.88. The molecule has 0 radical (unpaired) electrons. The molecule has 0 saturated carbocycles. The number of fused-ring (bicyclic) bond motifs is 4. The van der Waals surface area contributed by atoms with Crippen LogP contribution in [0.5, 0.6) is 17.2 Å². The second kappa shape index (κ2) is 8.02. The summed E-state index contributed by atoms with van der Waals surface area (Å²) in [6, 6.07) is 19.5. The first kappa shape index (κ1) is 20.5. The van der Waals surface area contributed by atoms with Crippen molar-refractivity contribution in [1.82, 2.24) is 9.88 Å². The molecule has 172 valence electrons. The van der Waals surface area contributed by atoms with Gasteiger partial charge in [0.1, 0.15) is 5.75 Å². The molecule has 6 rings (SSSR count). The number of nitrogens with one attached hydrogen (secondary N) is 2. The maximum absolute atomic E-state index is 13.6. The number of carbonyl (C=O) groups is 1. The summed E-state index contributed by atoms with van der Waals surface area (Å²) in [5.41, 5.74) is 6.22. The molecular formula is C27H25N3O4. The lowest BCUT2D eigenvalue weighted by Crippen LogP contribution is -2.43. The van der Waals surface area contributed by atoms with Crippen molar-refractivity contribution in [2.45, 2.75) is 19.4 Å². The van der Waals surface area contributed by atoms with Gasteiger partial charge in [-0.2, -0.15) is 0 Å². The van der Waals surface area contributed by atoms with Crippen LogP contribution in [0.4, 0.5) is 10.5 Å². The maximum Gasteiger partial charge on any atom is 0.322 e. The number of carbonyl (C=O) groups excluding carboxylic acids is 1. The summed E-state index contributed by atoms with van der Waals surface area (Å²) in [4.78, 5) is 19.0. The van der Waals surface area contributed by atoms with Crippen LogP contribution in [0.3, 0.4) is 0 Å². The average Bonchev–Trinajstić information content (AvgIpc) is 3.47. The van der Waals surface area contributed by atoms with E-state index in [9.17, 15) is 4.79 Å². The zero-order chi connectivity index (χ0) is 23.2.